The number of nitrogens with one attached hydrogen (secondary N) is 1. The lowest BCUT2D eigenvalue weighted by Gasteiger charge is -2.10. The Hall–Kier alpha value is -2.71. The minimum atomic E-state index is 0.248. The zero-order chi connectivity index (χ0) is 16.7. The average molecular weight is 414 g/mol. The summed E-state index contributed by atoms with van der Waals surface area (Å²) in [5.41, 5.74) is 8.78. The molecule has 1 aliphatic heterocycles. The molecule has 1 aromatic rings. The summed E-state index contributed by atoms with van der Waals surface area (Å²) in [5, 5.41) is 20.1. The maximum absolute atomic E-state index is 9.45. The fourth-order valence-electron chi connectivity index (χ4n) is 2.71. The van der Waals surface area contributed by atoms with E-state index in [9.17, 15) is 10.5 Å². The fourth-order valence-corrected chi connectivity index (χ4v) is 3.14. The highest BCUT2D eigenvalue weighted by atomic mass is 127. The van der Waals surface area contributed by atoms with Gasteiger partial charge in [0.1, 0.15) is 23.7 Å². The quantitative estimate of drug-likeness (QED) is 0.596. The van der Waals surface area contributed by atoms with E-state index in [2.05, 4.69) is 46.3 Å². The van der Waals surface area contributed by atoms with Crippen molar-refractivity contribution in [2.45, 2.75) is 6.92 Å². The number of fused-ring (bicyclic) bond motifs is 1. The van der Waals surface area contributed by atoms with Gasteiger partial charge in [0, 0.05) is 5.56 Å². The topological polar surface area (TPSA) is 103 Å². The van der Waals surface area contributed by atoms with Gasteiger partial charge in [-0.1, -0.05) is 6.58 Å². The van der Waals surface area contributed by atoms with Crippen LogP contribution in [0, 0.1) is 33.4 Å². The summed E-state index contributed by atoms with van der Waals surface area (Å²) in [7, 11) is 0. The second-order valence-electron chi connectivity index (χ2n) is 5.07. The van der Waals surface area contributed by atoms with E-state index in [1.807, 2.05) is 25.1 Å². The highest BCUT2D eigenvalue weighted by molar-refractivity contribution is 14.1. The van der Waals surface area contributed by atoms with Gasteiger partial charge in [-0.2, -0.15) is 10.5 Å². The highest BCUT2D eigenvalue weighted by Crippen LogP contribution is 2.28. The molecular weight excluding hydrogens is 403 g/mol. The van der Waals surface area contributed by atoms with Gasteiger partial charge in [0.05, 0.1) is 16.8 Å². The van der Waals surface area contributed by atoms with Crippen molar-refractivity contribution in [1.29, 1.82) is 10.5 Å². The van der Waals surface area contributed by atoms with E-state index < -0.39 is 0 Å². The number of halogens is 1. The lowest BCUT2D eigenvalue weighted by Crippen LogP contribution is -2.21. The number of hydrogen-bond acceptors (Lipinski definition) is 4. The number of nitrogens with two attached hydrogens (primary N) is 1. The molecule has 0 spiro atoms. The average Bonchev–Trinajstić information content (AvgIpc) is 3.02. The third-order valence-electron chi connectivity index (χ3n) is 3.78. The number of anilines is 1. The lowest BCUT2D eigenvalue weighted by atomic mass is 10.0. The molecule has 0 atom stereocenters. The molecular formula is C17H11IN4O. The van der Waals surface area contributed by atoms with Crippen LogP contribution in [-0.2, 0) is 0 Å². The van der Waals surface area contributed by atoms with E-state index >= 15 is 0 Å². The molecule has 1 aromatic heterocycles. The Bertz CT molecular complexity index is 1090. The summed E-state index contributed by atoms with van der Waals surface area (Å²) < 4.78 is 6.34. The summed E-state index contributed by atoms with van der Waals surface area (Å²) in [6.45, 7) is 5.83. The zero-order valence-electron chi connectivity index (χ0n) is 12.2. The van der Waals surface area contributed by atoms with Gasteiger partial charge in [0.15, 0.2) is 3.77 Å². The molecule has 23 heavy (non-hydrogen) atoms. The molecule has 0 saturated heterocycles. The Balaban J connectivity index is 2.51. The Morgan fingerprint density at radius 2 is 2.00 bits per heavy atom. The highest BCUT2D eigenvalue weighted by Gasteiger charge is 2.21. The van der Waals surface area contributed by atoms with Crippen LogP contribution in [0.1, 0.15) is 22.5 Å². The Labute approximate surface area is 145 Å². The van der Waals surface area contributed by atoms with Crippen LogP contribution in [0.4, 0.5) is 5.82 Å². The van der Waals surface area contributed by atoms with Crippen molar-refractivity contribution in [2.24, 2.45) is 0 Å². The molecule has 0 saturated carbocycles. The number of nitrogen functional groups attached to an aromatic ring is 1. The first-order valence-electron chi connectivity index (χ1n) is 6.67. The largest absolute Gasteiger partial charge is 0.451 e. The van der Waals surface area contributed by atoms with Crippen LogP contribution < -0.4 is 16.2 Å². The monoisotopic (exact) mass is 414 g/mol. The predicted octanol–water partition coefficient (Wildman–Crippen LogP) is 2.19. The lowest BCUT2D eigenvalue weighted by molar-refractivity contribution is 0.528. The number of H-pyrrole nitrogens is 1. The maximum atomic E-state index is 9.45. The number of aromatic nitrogens is 1. The van der Waals surface area contributed by atoms with Gasteiger partial charge in [0.2, 0.25) is 0 Å². The number of rotatable bonds is 1. The number of aromatic amines is 1. The first-order valence-corrected chi connectivity index (χ1v) is 7.75. The van der Waals surface area contributed by atoms with E-state index in [4.69, 9.17) is 10.2 Å². The molecule has 0 bridgehead atoms. The van der Waals surface area contributed by atoms with Gasteiger partial charge >= 0.3 is 0 Å². The zero-order valence-corrected chi connectivity index (χ0v) is 14.4. The van der Waals surface area contributed by atoms with Crippen LogP contribution in [0.3, 0.4) is 0 Å². The molecule has 0 aromatic carbocycles. The van der Waals surface area contributed by atoms with Gasteiger partial charge in [-0.15, -0.1) is 0 Å². The minimum absolute atomic E-state index is 0.248. The summed E-state index contributed by atoms with van der Waals surface area (Å²) >= 11 is 2.08. The standard InChI is InChI=1S/C17H11IN4O/c1-8-11(5-10-3-4-14(18)23-10)15-9(2)13(7-20)17(21)22-16(15)12(8)6-19/h3-5,22H,1,21H2,2H3/b11-5-. The molecule has 1 aliphatic carbocycles. The Kier molecular flexibility index (Phi) is 3.63. The molecule has 0 unspecified atom stereocenters. The Morgan fingerprint density at radius 1 is 1.30 bits per heavy atom. The molecule has 2 heterocycles. The van der Waals surface area contributed by atoms with Crippen molar-refractivity contribution in [3.05, 3.63) is 48.8 Å². The SMILES string of the molecule is C=c1c(C#N)c2[nH]c(N)c(C#N)c(C)c-2/c1=C\c1ccc(I)o1. The number of pyridine rings is 1. The predicted molar refractivity (Wildman–Crippen MR) is 95.8 cm³/mol. The second-order valence-corrected chi connectivity index (χ2v) is 6.13. The van der Waals surface area contributed by atoms with Crippen LogP contribution in [0.5, 0.6) is 0 Å². The summed E-state index contributed by atoms with van der Waals surface area (Å²) in [6, 6.07) is 7.95. The number of furan rings is 1. The van der Waals surface area contributed by atoms with Crippen LogP contribution in [0.15, 0.2) is 16.5 Å². The number of nitriles is 2. The van der Waals surface area contributed by atoms with Crippen molar-refractivity contribution in [3.8, 4) is 23.4 Å². The second kappa shape index (κ2) is 5.49. The maximum Gasteiger partial charge on any atom is 0.164 e. The van der Waals surface area contributed by atoms with Gasteiger partial charge in [-0.3, -0.25) is 0 Å². The third-order valence-corrected chi connectivity index (χ3v) is 4.36. The van der Waals surface area contributed by atoms with Crippen molar-refractivity contribution in [1.82, 2.24) is 4.98 Å². The first kappa shape index (κ1) is 15.2. The first-order chi connectivity index (χ1) is 11.0. The van der Waals surface area contributed by atoms with Crippen LogP contribution in [0.25, 0.3) is 23.9 Å². The van der Waals surface area contributed by atoms with Crippen molar-refractivity contribution < 1.29 is 4.42 Å². The van der Waals surface area contributed by atoms with E-state index in [0.29, 0.717) is 27.8 Å². The van der Waals surface area contributed by atoms with Crippen molar-refractivity contribution in [3.63, 3.8) is 0 Å². The normalized spacial score (nSPS) is 11.6. The van der Waals surface area contributed by atoms with E-state index in [-0.39, 0.29) is 5.82 Å². The molecule has 6 heteroatoms. The molecule has 112 valence electrons. The van der Waals surface area contributed by atoms with E-state index in [1.54, 1.807) is 0 Å². The van der Waals surface area contributed by atoms with Gasteiger partial charge in [-0.05, 0) is 63.7 Å². The van der Waals surface area contributed by atoms with Crippen molar-refractivity contribution >= 4 is 41.1 Å². The summed E-state index contributed by atoms with van der Waals surface area (Å²) in [6.07, 6.45) is 1.83. The molecule has 0 fully saturated rings. The third kappa shape index (κ3) is 2.28. The smallest absolute Gasteiger partial charge is 0.164 e. The molecule has 0 radical (unpaired) electrons. The van der Waals surface area contributed by atoms with Gasteiger partial charge in [-0.25, -0.2) is 0 Å². The van der Waals surface area contributed by atoms with Gasteiger partial charge < -0.3 is 15.1 Å². The Morgan fingerprint density at radius 3 is 2.57 bits per heavy atom. The van der Waals surface area contributed by atoms with E-state index in [1.165, 1.54) is 0 Å². The molecule has 3 N–H and O–H groups in total. The summed E-state index contributed by atoms with van der Waals surface area (Å²) in [4.78, 5) is 2.96. The molecule has 2 aliphatic rings. The van der Waals surface area contributed by atoms with Crippen LogP contribution >= 0.6 is 22.6 Å². The number of nitrogens with zero attached hydrogens (tertiary/aromatic N) is 2. The van der Waals surface area contributed by atoms with Crippen molar-refractivity contribution in [2.75, 3.05) is 5.73 Å². The fraction of sp³-hybridized carbons (Fsp3) is 0.0588. The molecule has 5 nitrogen and oxygen atoms in total. The van der Waals surface area contributed by atoms with E-state index in [0.717, 1.165) is 20.1 Å². The van der Waals surface area contributed by atoms with Gasteiger partial charge in [0.25, 0.3) is 0 Å². The molecule has 0 amide bonds. The summed E-state index contributed by atoms with van der Waals surface area (Å²) in [5.74, 6) is 0.906. The number of hydrogen-bond donors (Lipinski definition) is 2. The van der Waals surface area contributed by atoms with Crippen LogP contribution in [0.2, 0.25) is 0 Å². The molecule has 3 rings (SSSR count). The minimum Gasteiger partial charge on any atom is -0.451 e. The van der Waals surface area contributed by atoms with Crippen LogP contribution in [-0.4, -0.2) is 4.98 Å².